The molecule has 16 heavy (non-hydrogen) atoms. The Morgan fingerprint density at radius 2 is 1.88 bits per heavy atom. The second-order valence-corrected chi connectivity index (χ2v) is 3.18. The van der Waals surface area contributed by atoms with E-state index < -0.39 is 0 Å². The first-order valence-corrected chi connectivity index (χ1v) is 4.73. The zero-order valence-corrected chi connectivity index (χ0v) is 8.35. The van der Waals surface area contributed by atoms with E-state index in [1.165, 1.54) is 24.3 Å². The molecule has 80 valence electrons. The van der Waals surface area contributed by atoms with Crippen LogP contribution in [0.1, 0.15) is 10.4 Å². The number of hydrogen-bond donors (Lipinski definition) is 1. The normalized spacial score (nSPS) is 9.81. The minimum atomic E-state index is -0.366. The van der Waals surface area contributed by atoms with Gasteiger partial charge in [0.1, 0.15) is 11.6 Å². The highest BCUT2D eigenvalue weighted by Crippen LogP contribution is 2.06. The average Bonchev–Trinajstić information content (AvgIpc) is 2.31. The highest BCUT2D eigenvalue weighted by molar-refractivity contribution is 6.03. The topological polar surface area (TPSA) is 42.0 Å². The fourth-order valence-electron chi connectivity index (χ4n) is 1.23. The Balaban J connectivity index is 2.12. The number of carbonyl (C=O) groups is 1. The summed E-state index contributed by atoms with van der Waals surface area (Å²) < 4.78 is 12.6. The molecular formula is C12H9FN2O. The van der Waals surface area contributed by atoms with E-state index in [1.807, 2.05) is 0 Å². The molecule has 0 unspecified atom stereocenters. The smallest absolute Gasteiger partial charge is 0.256 e. The van der Waals surface area contributed by atoms with Gasteiger partial charge in [0.15, 0.2) is 0 Å². The van der Waals surface area contributed by atoms with Crippen molar-refractivity contribution in [1.82, 2.24) is 4.98 Å². The van der Waals surface area contributed by atoms with Gasteiger partial charge in [0.2, 0.25) is 0 Å². The summed E-state index contributed by atoms with van der Waals surface area (Å²) in [6.45, 7) is 0. The number of halogens is 1. The third-order valence-electron chi connectivity index (χ3n) is 2.01. The van der Waals surface area contributed by atoms with Crippen LogP contribution in [0.15, 0.2) is 48.7 Å². The van der Waals surface area contributed by atoms with Crippen molar-refractivity contribution in [1.29, 1.82) is 0 Å². The monoisotopic (exact) mass is 215 g/mol. The summed E-state index contributed by atoms with van der Waals surface area (Å²) in [6.07, 6.45) is 1.58. The quantitative estimate of drug-likeness (QED) is 0.836. The highest BCUT2D eigenvalue weighted by Gasteiger charge is 2.05. The van der Waals surface area contributed by atoms with Gasteiger partial charge in [-0.25, -0.2) is 9.37 Å². The van der Waals surface area contributed by atoms with Crippen LogP contribution < -0.4 is 5.32 Å². The van der Waals surface area contributed by atoms with E-state index >= 15 is 0 Å². The van der Waals surface area contributed by atoms with Gasteiger partial charge in [0.05, 0.1) is 0 Å². The first-order valence-electron chi connectivity index (χ1n) is 4.73. The molecule has 2 rings (SSSR count). The van der Waals surface area contributed by atoms with Crippen LogP contribution in [0.5, 0.6) is 0 Å². The Labute approximate surface area is 92.0 Å². The van der Waals surface area contributed by atoms with Gasteiger partial charge in [-0.15, -0.1) is 0 Å². The Hall–Kier alpha value is -2.23. The van der Waals surface area contributed by atoms with Gasteiger partial charge in [-0.1, -0.05) is 6.07 Å². The van der Waals surface area contributed by atoms with E-state index in [0.29, 0.717) is 11.4 Å². The molecule has 1 N–H and O–H groups in total. The van der Waals surface area contributed by atoms with Gasteiger partial charge >= 0.3 is 0 Å². The summed E-state index contributed by atoms with van der Waals surface area (Å²) in [5.41, 5.74) is 0.395. The van der Waals surface area contributed by atoms with Crippen molar-refractivity contribution in [2.75, 3.05) is 5.32 Å². The number of hydrogen-bond acceptors (Lipinski definition) is 2. The fraction of sp³-hybridized carbons (Fsp3) is 0. The number of carbonyl (C=O) groups excluding carboxylic acids is 1. The van der Waals surface area contributed by atoms with E-state index in [4.69, 9.17) is 0 Å². The molecule has 1 amide bonds. The summed E-state index contributed by atoms with van der Waals surface area (Å²) in [6, 6.07) is 10.5. The maximum Gasteiger partial charge on any atom is 0.256 e. The number of pyridine rings is 1. The Morgan fingerprint density at radius 3 is 2.50 bits per heavy atom. The molecule has 0 fully saturated rings. The van der Waals surface area contributed by atoms with Crippen LogP contribution in [0, 0.1) is 5.82 Å². The van der Waals surface area contributed by atoms with Crippen LogP contribution in [0.4, 0.5) is 10.2 Å². The number of benzene rings is 1. The van der Waals surface area contributed by atoms with Crippen LogP contribution >= 0.6 is 0 Å². The van der Waals surface area contributed by atoms with E-state index in [2.05, 4.69) is 10.3 Å². The van der Waals surface area contributed by atoms with Crippen LogP contribution in [-0.4, -0.2) is 10.9 Å². The van der Waals surface area contributed by atoms with Gasteiger partial charge in [-0.3, -0.25) is 4.79 Å². The van der Waals surface area contributed by atoms with Crippen molar-refractivity contribution in [2.24, 2.45) is 0 Å². The number of anilines is 1. The van der Waals surface area contributed by atoms with Gasteiger partial charge in [0, 0.05) is 11.8 Å². The Bertz CT molecular complexity index is 482. The number of rotatable bonds is 2. The second kappa shape index (κ2) is 4.53. The summed E-state index contributed by atoms with van der Waals surface area (Å²) >= 11 is 0. The second-order valence-electron chi connectivity index (χ2n) is 3.18. The fourth-order valence-corrected chi connectivity index (χ4v) is 1.23. The number of nitrogens with zero attached hydrogens (tertiary/aromatic N) is 1. The first-order chi connectivity index (χ1) is 7.75. The van der Waals surface area contributed by atoms with E-state index in [0.717, 1.165) is 0 Å². The third-order valence-corrected chi connectivity index (χ3v) is 2.01. The van der Waals surface area contributed by atoms with Crippen molar-refractivity contribution < 1.29 is 9.18 Å². The van der Waals surface area contributed by atoms with Gasteiger partial charge in [-0.05, 0) is 36.4 Å². The van der Waals surface area contributed by atoms with Gasteiger partial charge < -0.3 is 5.32 Å². The maximum absolute atomic E-state index is 12.6. The predicted molar refractivity (Wildman–Crippen MR) is 58.6 cm³/mol. The molecule has 0 atom stereocenters. The molecule has 0 saturated heterocycles. The standard InChI is InChI=1S/C12H9FN2O/c13-10-6-4-9(5-7-10)12(16)15-11-3-1-2-8-14-11/h1-8H,(H,14,15,16)/i12-1. The Morgan fingerprint density at radius 1 is 1.12 bits per heavy atom. The summed E-state index contributed by atoms with van der Waals surface area (Å²) in [5, 5.41) is 2.61. The minimum absolute atomic E-state index is 0.307. The minimum Gasteiger partial charge on any atom is -0.307 e. The SMILES string of the molecule is O=[11C](Nc1ccccn1)c1ccc(F)cc1. The first kappa shape index (κ1) is 10.3. The Kier molecular flexibility index (Phi) is 2.91. The lowest BCUT2D eigenvalue weighted by atomic mass is 9.89. The molecule has 0 aliphatic carbocycles. The lowest BCUT2D eigenvalue weighted by molar-refractivity contribution is 0.102. The van der Waals surface area contributed by atoms with Crippen molar-refractivity contribution in [3.8, 4) is 0 Å². The zero-order chi connectivity index (χ0) is 11.4. The van der Waals surface area contributed by atoms with Crippen LogP contribution in [-0.2, 0) is 0 Å². The van der Waals surface area contributed by atoms with Crippen molar-refractivity contribution in [2.45, 2.75) is 0 Å². The predicted octanol–water partition coefficient (Wildman–Crippen LogP) is 2.47. The molecule has 1 heterocycles. The molecule has 0 saturated carbocycles. The van der Waals surface area contributed by atoms with E-state index in [9.17, 15) is 9.18 Å². The van der Waals surface area contributed by atoms with Gasteiger partial charge in [-0.2, -0.15) is 0 Å². The molecular weight excluding hydrogens is 206 g/mol. The van der Waals surface area contributed by atoms with E-state index in [1.54, 1.807) is 24.4 Å². The molecule has 2 aromatic rings. The molecule has 0 bridgehead atoms. The molecule has 0 spiro atoms. The van der Waals surface area contributed by atoms with E-state index in [-0.39, 0.29) is 11.7 Å². The molecule has 0 aliphatic rings. The molecule has 0 aliphatic heterocycles. The van der Waals surface area contributed by atoms with Crippen LogP contribution in [0.25, 0.3) is 0 Å². The number of aromatic nitrogens is 1. The molecule has 1 aromatic heterocycles. The highest BCUT2D eigenvalue weighted by atomic mass is 19.1. The summed E-state index contributed by atoms with van der Waals surface area (Å²) in [5.74, 6) is -0.204. The molecule has 0 radical (unpaired) electrons. The summed E-state index contributed by atoms with van der Waals surface area (Å²) in [7, 11) is 0. The zero-order valence-electron chi connectivity index (χ0n) is 8.35. The van der Waals surface area contributed by atoms with Crippen molar-refractivity contribution >= 4 is 11.7 Å². The molecule has 1 aromatic carbocycles. The lowest BCUT2D eigenvalue weighted by Gasteiger charge is -2.03. The van der Waals surface area contributed by atoms with Crippen LogP contribution in [0.2, 0.25) is 0 Å². The van der Waals surface area contributed by atoms with Crippen LogP contribution in [0.3, 0.4) is 0 Å². The molecule has 3 nitrogen and oxygen atoms in total. The van der Waals surface area contributed by atoms with Crippen molar-refractivity contribution in [3.63, 3.8) is 0 Å². The maximum atomic E-state index is 12.6. The molecule has 4 heteroatoms. The lowest BCUT2D eigenvalue weighted by Crippen LogP contribution is -2.12. The van der Waals surface area contributed by atoms with Crippen molar-refractivity contribution in [3.05, 3.63) is 60.0 Å². The van der Waals surface area contributed by atoms with Gasteiger partial charge in [0.25, 0.3) is 5.91 Å². The summed E-state index contributed by atoms with van der Waals surface area (Å²) in [4.78, 5) is 15.6. The largest absolute Gasteiger partial charge is 0.307 e. The third kappa shape index (κ3) is 2.42. The number of amides is 1. The average molecular weight is 215 g/mol. The number of nitrogens with one attached hydrogen (secondary N) is 1.